The van der Waals surface area contributed by atoms with Crippen molar-refractivity contribution in [3.63, 3.8) is 0 Å². The Morgan fingerprint density at radius 3 is 2.94 bits per heavy atom. The molecule has 11 heteroatoms. The topological polar surface area (TPSA) is 126 Å². The van der Waals surface area contributed by atoms with Crippen LogP contribution in [0, 0.1) is 11.3 Å². The van der Waals surface area contributed by atoms with Crippen molar-refractivity contribution in [1.82, 2.24) is 25.5 Å². The van der Waals surface area contributed by atoms with Crippen molar-refractivity contribution >= 4 is 0 Å². The van der Waals surface area contributed by atoms with E-state index >= 15 is 0 Å². The van der Waals surface area contributed by atoms with Gasteiger partial charge in [0.1, 0.15) is 24.0 Å². The molecule has 4 heterocycles. The van der Waals surface area contributed by atoms with Gasteiger partial charge >= 0.3 is 6.01 Å². The molecule has 2 fully saturated rings. The van der Waals surface area contributed by atoms with Gasteiger partial charge in [-0.1, -0.05) is 17.2 Å². The van der Waals surface area contributed by atoms with Crippen LogP contribution in [0.1, 0.15) is 17.2 Å². The fourth-order valence-corrected chi connectivity index (χ4v) is 4.37. The van der Waals surface area contributed by atoms with Crippen molar-refractivity contribution in [3.8, 4) is 29.3 Å². The second-order valence-electron chi connectivity index (χ2n) is 7.99. The van der Waals surface area contributed by atoms with Gasteiger partial charge in [-0.3, -0.25) is 0 Å². The standard InChI is InChI=1S/C22H20N6O5/c23-8-13-2-1-3-14(6-13)9-24-16-10-29-21-17(11-30-20(16)21)28-22(25-26-27-28)33-15-4-5-18-19(7-15)32-12-31-18/h1-7,16-17,20-21,24H,9-12H2/t16-,17+,20-,21+/m1/s1. The van der Waals surface area contributed by atoms with E-state index in [2.05, 4.69) is 26.9 Å². The third-order valence-electron chi connectivity index (χ3n) is 5.98. The number of nitrogens with one attached hydrogen (secondary N) is 1. The first-order valence-electron chi connectivity index (χ1n) is 10.6. The summed E-state index contributed by atoms with van der Waals surface area (Å²) in [6, 6.07) is 15.0. The van der Waals surface area contributed by atoms with Gasteiger partial charge in [0.15, 0.2) is 11.5 Å². The minimum Gasteiger partial charge on any atom is -0.454 e. The lowest BCUT2D eigenvalue weighted by Crippen LogP contribution is -2.40. The van der Waals surface area contributed by atoms with Crippen LogP contribution in [0.5, 0.6) is 23.3 Å². The summed E-state index contributed by atoms with van der Waals surface area (Å²) >= 11 is 0. The monoisotopic (exact) mass is 448 g/mol. The summed E-state index contributed by atoms with van der Waals surface area (Å²) in [5, 5.41) is 24.5. The summed E-state index contributed by atoms with van der Waals surface area (Å²) in [6.07, 6.45) is -0.354. The van der Waals surface area contributed by atoms with Crippen molar-refractivity contribution in [2.24, 2.45) is 0 Å². The molecule has 168 valence electrons. The lowest BCUT2D eigenvalue weighted by molar-refractivity contribution is 0.0611. The number of fused-ring (bicyclic) bond motifs is 2. The minimum absolute atomic E-state index is 0.0143. The summed E-state index contributed by atoms with van der Waals surface area (Å²) < 4.78 is 30.4. The zero-order valence-electron chi connectivity index (χ0n) is 17.5. The number of nitriles is 1. The molecule has 0 spiro atoms. The largest absolute Gasteiger partial charge is 0.454 e. The summed E-state index contributed by atoms with van der Waals surface area (Å²) in [4.78, 5) is 0. The molecule has 0 unspecified atom stereocenters. The van der Waals surface area contributed by atoms with Crippen molar-refractivity contribution in [2.75, 3.05) is 20.0 Å². The quantitative estimate of drug-likeness (QED) is 0.594. The Labute approximate surface area is 188 Å². The average molecular weight is 448 g/mol. The number of nitrogens with zero attached hydrogens (tertiary/aromatic N) is 5. The van der Waals surface area contributed by atoms with Gasteiger partial charge in [0.05, 0.1) is 30.9 Å². The Morgan fingerprint density at radius 1 is 1.09 bits per heavy atom. The summed E-state index contributed by atoms with van der Waals surface area (Å²) in [5.74, 6) is 1.83. The highest BCUT2D eigenvalue weighted by molar-refractivity contribution is 5.47. The zero-order chi connectivity index (χ0) is 22.2. The number of benzene rings is 2. The molecule has 3 aromatic rings. The molecular formula is C22H20N6O5. The number of hydrogen-bond acceptors (Lipinski definition) is 10. The summed E-state index contributed by atoms with van der Waals surface area (Å²) in [6.45, 7) is 1.71. The molecule has 3 aliphatic rings. The molecule has 0 radical (unpaired) electrons. The van der Waals surface area contributed by atoms with Crippen LogP contribution in [0.15, 0.2) is 42.5 Å². The summed E-state index contributed by atoms with van der Waals surface area (Å²) in [5.41, 5.74) is 1.67. The first kappa shape index (κ1) is 19.9. The SMILES string of the molecule is N#Cc1cccc(CN[C@@H]2CO[C@@H]3[C@@H]2OC[C@@H]3n2nnnc2Oc2ccc3c(c2)OCO3)c1. The van der Waals surface area contributed by atoms with Crippen molar-refractivity contribution in [1.29, 1.82) is 5.26 Å². The second kappa shape index (κ2) is 8.32. The number of aromatic nitrogens is 4. The number of rotatable bonds is 6. The highest BCUT2D eigenvalue weighted by atomic mass is 16.7. The Bertz CT molecular complexity index is 1210. The lowest BCUT2D eigenvalue weighted by Gasteiger charge is -2.18. The fraction of sp³-hybridized carbons (Fsp3) is 0.364. The smallest absolute Gasteiger partial charge is 0.341 e. The molecule has 33 heavy (non-hydrogen) atoms. The fourth-order valence-electron chi connectivity index (χ4n) is 4.37. The number of tetrazole rings is 1. The van der Waals surface area contributed by atoms with Crippen LogP contribution >= 0.6 is 0 Å². The van der Waals surface area contributed by atoms with Gasteiger partial charge in [-0.25, -0.2) is 0 Å². The molecule has 6 rings (SSSR count). The molecule has 4 atom stereocenters. The first-order chi connectivity index (χ1) is 16.3. The molecule has 2 aromatic carbocycles. The maximum Gasteiger partial charge on any atom is 0.341 e. The molecule has 1 N–H and O–H groups in total. The molecule has 0 aliphatic carbocycles. The third-order valence-corrected chi connectivity index (χ3v) is 5.98. The Balaban J connectivity index is 1.13. The lowest BCUT2D eigenvalue weighted by atomic mass is 10.1. The third kappa shape index (κ3) is 3.74. The van der Waals surface area contributed by atoms with Gasteiger partial charge in [-0.15, -0.1) is 0 Å². The van der Waals surface area contributed by atoms with Crippen LogP contribution < -0.4 is 19.5 Å². The van der Waals surface area contributed by atoms with Gasteiger partial charge in [-0.05, 0) is 40.3 Å². The molecule has 1 aromatic heterocycles. The van der Waals surface area contributed by atoms with Crippen LogP contribution in [-0.2, 0) is 16.0 Å². The van der Waals surface area contributed by atoms with Gasteiger partial charge in [0, 0.05) is 12.6 Å². The van der Waals surface area contributed by atoms with Crippen LogP contribution in [0.2, 0.25) is 0 Å². The number of hydrogen-bond donors (Lipinski definition) is 1. The maximum absolute atomic E-state index is 9.09. The second-order valence-corrected chi connectivity index (χ2v) is 7.99. The molecule has 0 amide bonds. The summed E-state index contributed by atoms with van der Waals surface area (Å²) in [7, 11) is 0. The van der Waals surface area contributed by atoms with E-state index in [4.69, 9.17) is 28.9 Å². The zero-order valence-corrected chi connectivity index (χ0v) is 17.5. The van der Waals surface area contributed by atoms with E-state index in [0.717, 1.165) is 5.56 Å². The van der Waals surface area contributed by atoms with E-state index in [1.165, 1.54) is 0 Å². The van der Waals surface area contributed by atoms with Crippen LogP contribution in [0.25, 0.3) is 0 Å². The van der Waals surface area contributed by atoms with Gasteiger partial charge in [0.2, 0.25) is 6.79 Å². The van der Waals surface area contributed by atoms with E-state index in [9.17, 15) is 0 Å². The molecule has 0 bridgehead atoms. The van der Waals surface area contributed by atoms with E-state index in [0.29, 0.717) is 42.6 Å². The molecular weight excluding hydrogens is 428 g/mol. The predicted octanol–water partition coefficient (Wildman–Crippen LogP) is 1.56. The normalized spacial score (nSPS) is 25.1. The highest BCUT2D eigenvalue weighted by Crippen LogP contribution is 2.38. The Hall–Kier alpha value is -3.72. The van der Waals surface area contributed by atoms with E-state index < -0.39 is 0 Å². The minimum atomic E-state index is -0.220. The van der Waals surface area contributed by atoms with E-state index in [1.54, 1.807) is 28.9 Å². The average Bonchev–Trinajstić information content (AvgIpc) is 3.62. The van der Waals surface area contributed by atoms with Crippen molar-refractivity contribution in [2.45, 2.75) is 30.8 Å². The van der Waals surface area contributed by atoms with Crippen molar-refractivity contribution < 1.29 is 23.7 Å². The highest BCUT2D eigenvalue weighted by Gasteiger charge is 2.49. The predicted molar refractivity (Wildman–Crippen MR) is 111 cm³/mol. The van der Waals surface area contributed by atoms with Gasteiger partial charge < -0.3 is 29.0 Å². The first-order valence-corrected chi connectivity index (χ1v) is 10.6. The van der Waals surface area contributed by atoms with Gasteiger partial charge in [-0.2, -0.15) is 9.94 Å². The van der Waals surface area contributed by atoms with E-state index in [-0.39, 0.29) is 37.1 Å². The molecule has 2 saturated heterocycles. The van der Waals surface area contributed by atoms with Crippen LogP contribution in [0.4, 0.5) is 0 Å². The Morgan fingerprint density at radius 2 is 2.00 bits per heavy atom. The molecule has 3 aliphatic heterocycles. The maximum atomic E-state index is 9.09. The van der Waals surface area contributed by atoms with Crippen LogP contribution in [0.3, 0.4) is 0 Å². The van der Waals surface area contributed by atoms with Gasteiger partial charge in [0.25, 0.3) is 0 Å². The van der Waals surface area contributed by atoms with E-state index in [1.807, 2.05) is 18.2 Å². The molecule has 11 nitrogen and oxygen atoms in total. The number of ether oxygens (including phenoxy) is 5. The Kier molecular flexibility index (Phi) is 5.03. The molecule has 0 saturated carbocycles. The van der Waals surface area contributed by atoms with Crippen LogP contribution in [-0.4, -0.2) is 58.5 Å². The van der Waals surface area contributed by atoms with Crippen molar-refractivity contribution in [3.05, 3.63) is 53.6 Å².